The smallest absolute Gasteiger partial charge is 0.316 e. The van der Waals surface area contributed by atoms with Crippen molar-refractivity contribution in [2.45, 2.75) is 52.4 Å². The number of fused-ring (bicyclic) bond motifs is 1. The second kappa shape index (κ2) is 5.59. The SMILES string of the molecule is CC(C)OP(=O)(OC(C)C)OC1CC2CNCC21. The van der Waals surface area contributed by atoms with Gasteiger partial charge in [-0.05, 0) is 46.6 Å². The van der Waals surface area contributed by atoms with Gasteiger partial charge >= 0.3 is 7.82 Å². The fourth-order valence-electron chi connectivity index (χ4n) is 2.60. The normalized spacial score (nSPS) is 31.8. The van der Waals surface area contributed by atoms with Crippen molar-refractivity contribution in [3.63, 3.8) is 0 Å². The summed E-state index contributed by atoms with van der Waals surface area (Å²) >= 11 is 0. The van der Waals surface area contributed by atoms with Crippen molar-refractivity contribution in [2.75, 3.05) is 13.1 Å². The molecule has 0 aromatic carbocycles. The van der Waals surface area contributed by atoms with E-state index in [1.165, 1.54) is 0 Å². The Hall–Kier alpha value is 0.0700. The third kappa shape index (κ3) is 3.34. The van der Waals surface area contributed by atoms with Gasteiger partial charge in [0, 0.05) is 12.5 Å². The molecule has 106 valence electrons. The Morgan fingerprint density at radius 1 is 1.11 bits per heavy atom. The van der Waals surface area contributed by atoms with Crippen LogP contribution < -0.4 is 5.32 Å². The highest BCUT2D eigenvalue weighted by atomic mass is 31.2. The third-order valence-electron chi connectivity index (χ3n) is 3.35. The lowest BCUT2D eigenvalue weighted by Crippen LogP contribution is -2.42. The molecule has 2 fully saturated rings. The summed E-state index contributed by atoms with van der Waals surface area (Å²) in [5, 5.41) is 3.33. The van der Waals surface area contributed by atoms with Crippen molar-refractivity contribution in [1.29, 1.82) is 0 Å². The maximum atomic E-state index is 12.5. The van der Waals surface area contributed by atoms with Crippen LogP contribution in [0.5, 0.6) is 0 Å². The van der Waals surface area contributed by atoms with E-state index in [2.05, 4.69) is 5.32 Å². The monoisotopic (exact) mass is 277 g/mol. The minimum Gasteiger partial charge on any atom is -0.316 e. The molecule has 1 aliphatic heterocycles. The molecule has 1 aliphatic carbocycles. The molecule has 0 aromatic heterocycles. The average Bonchev–Trinajstić information content (AvgIpc) is 2.53. The van der Waals surface area contributed by atoms with Crippen LogP contribution in [0.3, 0.4) is 0 Å². The van der Waals surface area contributed by atoms with Gasteiger partial charge in [-0.2, -0.15) is 0 Å². The standard InChI is InChI=1S/C12H24NO4P/c1-8(2)15-18(14,16-9(3)4)17-12-5-10-6-13-7-11(10)12/h8-13H,5-7H2,1-4H3. The lowest BCUT2D eigenvalue weighted by Gasteiger charge is -2.40. The molecular formula is C12H24NO4P. The predicted octanol–water partition coefficient (Wildman–Crippen LogP) is 2.57. The number of phosphoric acid groups is 1. The molecule has 18 heavy (non-hydrogen) atoms. The first-order valence-corrected chi connectivity index (χ1v) is 8.21. The van der Waals surface area contributed by atoms with E-state index in [4.69, 9.17) is 13.6 Å². The summed E-state index contributed by atoms with van der Waals surface area (Å²) in [6.45, 7) is 9.32. The highest BCUT2D eigenvalue weighted by Gasteiger charge is 2.48. The zero-order valence-corrected chi connectivity index (χ0v) is 12.5. The molecule has 0 bridgehead atoms. The Labute approximate surface area is 109 Å². The van der Waals surface area contributed by atoms with E-state index >= 15 is 0 Å². The first kappa shape index (κ1) is 14.5. The Kier molecular flexibility index (Phi) is 4.50. The van der Waals surface area contributed by atoms with Crippen molar-refractivity contribution in [1.82, 2.24) is 5.32 Å². The van der Waals surface area contributed by atoms with E-state index in [0.717, 1.165) is 19.5 Å². The first-order chi connectivity index (χ1) is 8.39. The van der Waals surface area contributed by atoms with Crippen LogP contribution in [0.4, 0.5) is 0 Å². The molecule has 1 saturated heterocycles. The molecule has 0 spiro atoms. The van der Waals surface area contributed by atoms with Gasteiger partial charge < -0.3 is 5.32 Å². The highest BCUT2D eigenvalue weighted by molar-refractivity contribution is 7.48. The molecule has 6 heteroatoms. The van der Waals surface area contributed by atoms with Crippen molar-refractivity contribution in [2.24, 2.45) is 11.8 Å². The Bertz CT molecular complexity index is 320. The van der Waals surface area contributed by atoms with Gasteiger partial charge in [-0.25, -0.2) is 4.57 Å². The molecule has 2 aliphatic rings. The van der Waals surface area contributed by atoms with Gasteiger partial charge in [0.05, 0.1) is 18.3 Å². The Morgan fingerprint density at radius 2 is 1.72 bits per heavy atom. The molecule has 3 unspecified atom stereocenters. The fraction of sp³-hybridized carbons (Fsp3) is 1.00. The van der Waals surface area contributed by atoms with Gasteiger partial charge in [-0.3, -0.25) is 13.6 Å². The largest absolute Gasteiger partial charge is 0.475 e. The zero-order valence-electron chi connectivity index (χ0n) is 11.6. The number of hydrogen-bond acceptors (Lipinski definition) is 5. The van der Waals surface area contributed by atoms with Crippen molar-refractivity contribution >= 4 is 7.82 Å². The Morgan fingerprint density at radius 3 is 2.22 bits per heavy atom. The van der Waals surface area contributed by atoms with Gasteiger partial charge in [0.25, 0.3) is 0 Å². The predicted molar refractivity (Wildman–Crippen MR) is 69.4 cm³/mol. The number of nitrogens with one attached hydrogen (secondary N) is 1. The Balaban J connectivity index is 1.94. The van der Waals surface area contributed by atoms with Crippen molar-refractivity contribution in [3.8, 4) is 0 Å². The maximum Gasteiger partial charge on any atom is 0.475 e. The molecule has 5 nitrogen and oxygen atoms in total. The lowest BCUT2D eigenvalue weighted by molar-refractivity contribution is -0.0298. The number of rotatable bonds is 6. The van der Waals surface area contributed by atoms with E-state index < -0.39 is 7.82 Å². The quantitative estimate of drug-likeness (QED) is 0.756. The summed E-state index contributed by atoms with van der Waals surface area (Å²) in [5.74, 6) is 1.13. The van der Waals surface area contributed by atoms with Crippen LogP contribution in [0.15, 0.2) is 0 Å². The molecule has 2 rings (SSSR count). The van der Waals surface area contributed by atoms with E-state index in [-0.39, 0.29) is 18.3 Å². The van der Waals surface area contributed by atoms with E-state index in [9.17, 15) is 4.57 Å². The second-order valence-corrected chi connectivity index (χ2v) is 7.24. The third-order valence-corrected chi connectivity index (χ3v) is 5.24. The zero-order chi connectivity index (χ0) is 13.3. The molecular weight excluding hydrogens is 253 g/mol. The topological polar surface area (TPSA) is 56.8 Å². The van der Waals surface area contributed by atoms with E-state index in [1.807, 2.05) is 27.7 Å². The average molecular weight is 277 g/mol. The molecule has 1 saturated carbocycles. The molecule has 1 heterocycles. The number of phosphoric ester groups is 1. The van der Waals surface area contributed by atoms with Crippen molar-refractivity contribution < 1.29 is 18.1 Å². The van der Waals surface area contributed by atoms with Crippen LogP contribution in [0.1, 0.15) is 34.1 Å². The van der Waals surface area contributed by atoms with Gasteiger partial charge in [0.15, 0.2) is 0 Å². The molecule has 1 N–H and O–H groups in total. The summed E-state index contributed by atoms with van der Waals surface area (Å²) in [4.78, 5) is 0. The van der Waals surface area contributed by atoms with Crippen LogP contribution in [-0.4, -0.2) is 31.4 Å². The van der Waals surface area contributed by atoms with E-state index in [0.29, 0.717) is 11.8 Å². The molecule has 3 atom stereocenters. The van der Waals surface area contributed by atoms with Crippen LogP contribution in [-0.2, 0) is 18.1 Å². The minimum atomic E-state index is -3.43. The minimum absolute atomic E-state index is 0.00772. The van der Waals surface area contributed by atoms with Crippen molar-refractivity contribution in [3.05, 3.63) is 0 Å². The van der Waals surface area contributed by atoms with Gasteiger partial charge in [0.1, 0.15) is 0 Å². The fourth-order valence-corrected chi connectivity index (χ4v) is 4.36. The summed E-state index contributed by atoms with van der Waals surface area (Å²) in [6, 6.07) is 0. The van der Waals surface area contributed by atoms with Crippen LogP contribution >= 0.6 is 7.82 Å². The summed E-state index contributed by atoms with van der Waals surface area (Å²) in [6.07, 6.45) is 0.609. The summed E-state index contributed by atoms with van der Waals surface area (Å²) in [5.41, 5.74) is 0. The van der Waals surface area contributed by atoms with Crippen LogP contribution in [0.25, 0.3) is 0 Å². The van der Waals surface area contributed by atoms with Gasteiger partial charge in [-0.1, -0.05) is 0 Å². The first-order valence-electron chi connectivity index (χ1n) is 6.75. The molecule has 0 radical (unpaired) electrons. The maximum absolute atomic E-state index is 12.5. The van der Waals surface area contributed by atoms with Gasteiger partial charge in [-0.15, -0.1) is 0 Å². The lowest BCUT2D eigenvalue weighted by atomic mass is 9.74. The highest BCUT2D eigenvalue weighted by Crippen LogP contribution is 2.56. The summed E-state index contributed by atoms with van der Waals surface area (Å²) < 4.78 is 29.0. The number of hydrogen-bond donors (Lipinski definition) is 1. The summed E-state index contributed by atoms with van der Waals surface area (Å²) in [7, 11) is -3.43. The van der Waals surface area contributed by atoms with Crippen LogP contribution in [0.2, 0.25) is 0 Å². The van der Waals surface area contributed by atoms with Crippen LogP contribution in [0, 0.1) is 11.8 Å². The molecule has 0 amide bonds. The van der Waals surface area contributed by atoms with E-state index in [1.54, 1.807) is 0 Å². The second-order valence-electron chi connectivity index (χ2n) is 5.72. The van der Waals surface area contributed by atoms with Gasteiger partial charge in [0.2, 0.25) is 0 Å². The molecule has 0 aromatic rings.